The van der Waals surface area contributed by atoms with Crippen molar-refractivity contribution in [2.45, 2.75) is 76.9 Å². The topological polar surface area (TPSA) is 30.9 Å². The van der Waals surface area contributed by atoms with Gasteiger partial charge in [0.05, 0.1) is 6.04 Å². The number of nitrogens with zero attached hydrogens (tertiary/aromatic N) is 1. The Balaban J connectivity index is 1.68. The number of fused-ring (bicyclic) bond motifs is 1. The molecular formula is C32H37F6NO3Si. The molecule has 0 spiro atoms. The highest BCUT2D eigenvalue weighted by molar-refractivity contribution is 6.74. The van der Waals surface area contributed by atoms with Crippen LogP contribution in [0.25, 0.3) is 11.1 Å². The lowest BCUT2D eigenvalue weighted by molar-refractivity contribution is -0.275. The second kappa shape index (κ2) is 12.4. The van der Waals surface area contributed by atoms with Gasteiger partial charge in [-0.15, -0.1) is 26.3 Å². The summed E-state index contributed by atoms with van der Waals surface area (Å²) in [4.78, 5) is 2.17. The van der Waals surface area contributed by atoms with Crippen molar-refractivity contribution in [2.75, 3.05) is 18.1 Å². The Morgan fingerprint density at radius 2 is 1.42 bits per heavy atom. The van der Waals surface area contributed by atoms with Crippen LogP contribution in [0.2, 0.25) is 18.1 Å². The second-order valence-electron chi connectivity index (χ2n) is 12.2. The van der Waals surface area contributed by atoms with Gasteiger partial charge in [-0.3, -0.25) is 0 Å². The summed E-state index contributed by atoms with van der Waals surface area (Å²) in [5, 5.41) is 0.0471. The second-order valence-corrected chi connectivity index (χ2v) is 17.0. The molecule has 1 atom stereocenters. The Kier molecular flexibility index (Phi) is 9.46. The molecule has 0 aliphatic carbocycles. The smallest absolute Gasteiger partial charge is 0.417 e. The van der Waals surface area contributed by atoms with E-state index in [1.165, 1.54) is 30.3 Å². The molecule has 0 bridgehead atoms. The molecule has 3 aromatic carbocycles. The van der Waals surface area contributed by atoms with Crippen molar-refractivity contribution < 1.29 is 40.2 Å². The summed E-state index contributed by atoms with van der Waals surface area (Å²) in [6.45, 7) is 12.0. The van der Waals surface area contributed by atoms with Crippen LogP contribution in [-0.4, -0.2) is 34.2 Å². The molecule has 11 heteroatoms. The zero-order chi connectivity index (χ0) is 31.6. The van der Waals surface area contributed by atoms with Crippen LogP contribution in [0.5, 0.6) is 11.5 Å². The van der Waals surface area contributed by atoms with Crippen molar-refractivity contribution in [1.82, 2.24) is 0 Å². The molecule has 1 aliphatic heterocycles. The number of hydrogen-bond acceptors (Lipinski definition) is 4. The Morgan fingerprint density at radius 1 is 0.814 bits per heavy atom. The summed E-state index contributed by atoms with van der Waals surface area (Å²) in [6.07, 6.45) is -7.78. The minimum absolute atomic E-state index is 0.0471. The average molecular weight is 626 g/mol. The van der Waals surface area contributed by atoms with Crippen molar-refractivity contribution in [1.29, 1.82) is 0 Å². The van der Waals surface area contributed by atoms with Gasteiger partial charge >= 0.3 is 12.7 Å². The van der Waals surface area contributed by atoms with Crippen LogP contribution in [0.15, 0.2) is 66.7 Å². The first-order valence-corrected chi connectivity index (χ1v) is 17.1. The van der Waals surface area contributed by atoms with E-state index in [0.717, 1.165) is 16.8 Å². The minimum Gasteiger partial charge on any atom is -0.417 e. The van der Waals surface area contributed by atoms with E-state index >= 15 is 0 Å². The quantitative estimate of drug-likeness (QED) is 0.135. The first-order chi connectivity index (χ1) is 19.9. The fraction of sp³-hybridized carbons (Fsp3) is 0.438. The maximum Gasteiger partial charge on any atom is 0.573 e. The maximum atomic E-state index is 13.0. The molecule has 4 rings (SSSR count). The number of ether oxygens (including phenoxy) is 2. The van der Waals surface area contributed by atoms with Gasteiger partial charge in [0.15, 0.2) is 8.32 Å². The zero-order valence-corrected chi connectivity index (χ0v) is 25.9. The maximum absolute atomic E-state index is 13.0. The van der Waals surface area contributed by atoms with Gasteiger partial charge in [-0.25, -0.2) is 0 Å². The predicted octanol–water partition coefficient (Wildman–Crippen LogP) is 10.1. The largest absolute Gasteiger partial charge is 0.573 e. The molecule has 1 aliphatic rings. The zero-order valence-electron chi connectivity index (χ0n) is 24.9. The number of benzene rings is 3. The van der Waals surface area contributed by atoms with E-state index in [0.29, 0.717) is 43.5 Å². The van der Waals surface area contributed by atoms with E-state index in [9.17, 15) is 26.3 Å². The van der Waals surface area contributed by atoms with Gasteiger partial charge in [0.2, 0.25) is 0 Å². The van der Waals surface area contributed by atoms with Gasteiger partial charge in [0, 0.05) is 18.8 Å². The molecule has 0 N–H and O–H groups in total. The van der Waals surface area contributed by atoms with E-state index in [1.807, 2.05) is 18.2 Å². The summed E-state index contributed by atoms with van der Waals surface area (Å²) < 4.78 is 92.4. The number of alkyl halides is 6. The summed E-state index contributed by atoms with van der Waals surface area (Å²) in [5.41, 5.74) is 3.88. The highest BCUT2D eigenvalue weighted by Gasteiger charge is 2.37. The van der Waals surface area contributed by atoms with Gasteiger partial charge < -0.3 is 18.8 Å². The van der Waals surface area contributed by atoms with Crippen molar-refractivity contribution in [3.63, 3.8) is 0 Å². The van der Waals surface area contributed by atoms with Crippen LogP contribution in [0.4, 0.5) is 32.0 Å². The van der Waals surface area contributed by atoms with Gasteiger partial charge in [-0.05, 0) is 90.0 Å². The third kappa shape index (κ3) is 8.47. The van der Waals surface area contributed by atoms with Crippen molar-refractivity contribution >= 4 is 14.0 Å². The molecule has 0 amide bonds. The van der Waals surface area contributed by atoms with Crippen LogP contribution < -0.4 is 14.4 Å². The Bertz CT molecular complexity index is 1400. The van der Waals surface area contributed by atoms with Crippen LogP contribution in [-0.2, 0) is 10.8 Å². The first-order valence-electron chi connectivity index (χ1n) is 14.2. The SMILES string of the molecule is CC(C)(C)[Si](C)(C)OCCCN1c2cccc(-c3cccc(OC(F)(F)F)c3)c2CCC1c1cccc(OC(F)(F)F)c1. The van der Waals surface area contributed by atoms with Crippen molar-refractivity contribution in [3.05, 3.63) is 77.9 Å². The fourth-order valence-corrected chi connectivity index (χ4v) is 6.25. The standard InChI is InChI=1S/C32H37F6NO3Si/c1-30(2,3)43(4,5)40-19-9-18-39-28(23-11-7-13-25(21-23)42-32(36,37)38)17-16-27-26(14-8-15-29(27)39)22-10-6-12-24(20-22)41-31(33,34)35/h6-8,10-15,20-21,28H,9,16-19H2,1-5H3. The summed E-state index contributed by atoms with van der Waals surface area (Å²) >= 11 is 0. The molecular weight excluding hydrogens is 588 g/mol. The fourth-order valence-electron chi connectivity index (χ4n) is 5.16. The third-order valence-electron chi connectivity index (χ3n) is 8.17. The van der Waals surface area contributed by atoms with Crippen LogP contribution in [0.1, 0.15) is 50.8 Å². The van der Waals surface area contributed by atoms with Crippen molar-refractivity contribution in [3.8, 4) is 22.6 Å². The van der Waals surface area contributed by atoms with Gasteiger partial charge in [-0.2, -0.15) is 0 Å². The monoisotopic (exact) mass is 625 g/mol. The third-order valence-corrected chi connectivity index (χ3v) is 12.7. The molecule has 1 heterocycles. The van der Waals surface area contributed by atoms with E-state index in [2.05, 4.69) is 48.2 Å². The van der Waals surface area contributed by atoms with Gasteiger partial charge in [-0.1, -0.05) is 57.2 Å². The van der Waals surface area contributed by atoms with E-state index < -0.39 is 21.0 Å². The number of rotatable bonds is 9. The molecule has 234 valence electrons. The normalized spacial score (nSPS) is 16.2. The van der Waals surface area contributed by atoms with Crippen LogP contribution in [0.3, 0.4) is 0 Å². The first kappa shape index (κ1) is 32.7. The average Bonchev–Trinajstić information content (AvgIpc) is 2.88. The number of anilines is 1. The summed E-state index contributed by atoms with van der Waals surface area (Å²) in [6, 6.07) is 17.3. The lowest BCUT2D eigenvalue weighted by atomic mass is 9.86. The van der Waals surface area contributed by atoms with Gasteiger partial charge in [0.25, 0.3) is 0 Å². The Morgan fingerprint density at radius 3 is 2.05 bits per heavy atom. The highest BCUT2D eigenvalue weighted by Crippen LogP contribution is 2.44. The highest BCUT2D eigenvalue weighted by atomic mass is 28.4. The van der Waals surface area contributed by atoms with Crippen LogP contribution in [0, 0.1) is 0 Å². The summed E-state index contributed by atoms with van der Waals surface area (Å²) in [5.74, 6) is -0.593. The Labute approximate surface area is 249 Å². The van der Waals surface area contributed by atoms with E-state index in [4.69, 9.17) is 4.43 Å². The predicted molar refractivity (Wildman–Crippen MR) is 158 cm³/mol. The molecule has 0 aromatic heterocycles. The number of hydrogen-bond donors (Lipinski definition) is 0. The molecule has 0 fully saturated rings. The molecule has 0 saturated heterocycles. The van der Waals surface area contributed by atoms with Crippen LogP contribution >= 0.6 is 0 Å². The minimum atomic E-state index is -4.81. The molecule has 1 unspecified atom stereocenters. The molecule has 4 nitrogen and oxygen atoms in total. The summed E-state index contributed by atoms with van der Waals surface area (Å²) in [7, 11) is -1.98. The van der Waals surface area contributed by atoms with E-state index in [-0.39, 0.29) is 22.6 Å². The van der Waals surface area contributed by atoms with Crippen molar-refractivity contribution in [2.24, 2.45) is 0 Å². The Hall–Kier alpha value is -3.18. The lowest BCUT2D eigenvalue weighted by Crippen LogP contribution is -2.41. The van der Waals surface area contributed by atoms with E-state index in [1.54, 1.807) is 18.2 Å². The molecule has 0 saturated carbocycles. The number of halogens is 6. The lowest BCUT2D eigenvalue weighted by Gasteiger charge is -2.41. The van der Waals surface area contributed by atoms with Gasteiger partial charge in [0.1, 0.15) is 11.5 Å². The molecule has 3 aromatic rings. The molecule has 43 heavy (non-hydrogen) atoms. The molecule has 0 radical (unpaired) electrons.